The first-order chi connectivity index (χ1) is 10.0. The van der Waals surface area contributed by atoms with Crippen LogP contribution >= 0.6 is 11.6 Å². The fraction of sp³-hybridized carbons (Fsp3) is 0.467. The van der Waals surface area contributed by atoms with E-state index >= 15 is 0 Å². The zero-order valence-electron chi connectivity index (χ0n) is 11.5. The molecule has 0 radical (unpaired) electrons. The normalized spacial score (nSPS) is 21.0. The quantitative estimate of drug-likeness (QED) is 0.911. The molecule has 1 aliphatic heterocycles. The minimum atomic E-state index is -0.787. The lowest BCUT2D eigenvalue weighted by molar-refractivity contribution is -0.154. The molecule has 1 heterocycles. The average molecular weight is 311 g/mol. The maximum atomic E-state index is 13.6. The van der Waals surface area contributed by atoms with Crippen LogP contribution in [0.4, 0.5) is 4.39 Å². The third kappa shape index (κ3) is 2.29. The van der Waals surface area contributed by atoms with E-state index < -0.39 is 11.4 Å². The summed E-state index contributed by atoms with van der Waals surface area (Å²) in [5, 5.41) is 2.69. The van der Waals surface area contributed by atoms with Crippen molar-refractivity contribution >= 4 is 23.4 Å². The summed E-state index contributed by atoms with van der Waals surface area (Å²) in [6.45, 7) is 0.163. The number of hydrogen-bond donors (Lipinski definition) is 1. The molecule has 0 bridgehead atoms. The molecule has 1 aliphatic carbocycles. The van der Waals surface area contributed by atoms with E-state index in [0.29, 0.717) is 18.4 Å². The van der Waals surface area contributed by atoms with Gasteiger partial charge in [0.1, 0.15) is 11.4 Å². The van der Waals surface area contributed by atoms with E-state index in [1.165, 1.54) is 6.07 Å². The Hall–Kier alpha value is -1.62. The first-order valence-electron chi connectivity index (χ1n) is 7.06. The number of hydrogen-bond acceptors (Lipinski definition) is 2. The molecular formula is C15H16ClFN2O2. The van der Waals surface area contributed by atoms with Gasteiger partial charge in [0.05, 0.1) is 11.6 Å². The van der Waals surface area contributed by atoms with Gasteiger partial charge < -0.3 is 10.2 Å². The number of halogens is 2. The van der Waals surface area contributed by atoms with Gasteiger partial charge in [-0.15, -0.1) is 0 Å². The van der Waals surface area contributed by atoms with Crippen LogP contribution in [0.3, 0.4) is 0 Å². The van der Waals surface area contributed by atoms with E-state index in [4.69, 9.17) is 11.6 Å². The Morgan fingerprint density at radius 2 is 2.00 bits per heavy atom. The molecule has 1 aromatic carbocycles. The molecule has 2 aliphatic rings. The van der Waals surface area contributed by atoms with Crippen molar-refractivity contribution in [1.29, 1.82) is 0 Å². The number of piperazine rings is 1. The molecule has 1 aromatic rings. The van der Waals surface area contributed by atoms with Crippen LogP contribution in [-0.2, 0) is 16.1 Å². The Kier molecular flexibility index (Phi) is 3.61. The van der Waals surface area contributed by atoms with E-state index in [0.717, 1.165) is 12.8 Å². The molecular weight excluding hydrogens is 295 g/mol. The lowest BCUT2D eigenvalue weighted by Gasteiger charge is -2.43. The van der Waals surface area contributed by atoms with Crippen molar-refractivity contribution in [2.24, 2.45) is 0 Å². The highest BCUT2D eigenvalue weighted by molar-refractivity contribution is 6.31. The van der Waals surface area contributed by atoms with Crippen molar-refractivity contribution in [3.8, 4) is 0 Å². The van der Waals surface area contributed by atoms with Gasteiger partial charge in [-0.2, -0.15) is 0 Å². The highest BCUT2D eigenvalue weighted by Gasteiger charge is 2.50. The van der Waals surface area contributed by atoms with Crippen LogP contribution in [0, 0.1) is 5.82 Å². The third-order valence-corrected chi connectivity index (χ3v) is 4.85. The molecule has 2 amide bonds. The van der Waals surface area contributed by atoms with E-state index in [-0.39, 0.29) is 29.9 Å². The molecule has 112 valence electrons. The van der Waals surface area contributed by atoms with Gasteiger partial charge in [0.15, 0.2) is 0 Å². The molecule has 1 N–H and O–H groups in total. The molecule has 0 atom stereocenters. The van der Waals surface area contributed by atoms with Crippen LogP contribution in [0.15, 0.2) is 18.2 Å². The van der Waals surface area contributed by atoms with Gasteiger partial charge >= 0.3 is 0 Å². The zero-order valence-corrected chi connectivity index (χ0v) is 12.3. The van der Waals surface area contributed by atoms with Crippen LogP contribution in [0.5, 0.6) is 0 Å². The van der Waals surface area contributed by atoms with Gasteiger partial charge in [0, 0.05) is 6.54 Å². The van der Waals surface area contributed by atoms with E-state index in [1.807, 2.05) is 0 Å². The molecule has 1 saturated heterocycles. The summed E-state index contributed by atoms with van der Waals surface area (Å²) in [4.78, 5) is 26.2. The first kappa shape index (κ1) is 14.3. The van der Waals surface area contributed by atoms with Gasteiger partial charge in [0.2, 0.25) is 11.8 Å². The number of benzene rings is 1. The number of rotatable bonds is 2. The summed E-state index contributed by atoms with van der Waals surface area (Å²) in [5.74, 6) is -0.757. The fourth-order valence-electron chi connectivity index (χ4n) is 3.31. The van der Waals surface area contributed by atoms with E-state index in [9.17, 15) is 14.0 Å². The minimum Gasteiger partial charge on any atom is -0.345 e. The van der Waals surface area contributed by atoms with Crippen LogP contribution in [0.1, 0.15) is 31.2 Å². The van der Waals surface area contributed by atoms with Crippen molar-refractivity contribution in [1.82, 2.24) is 10.2 Å². The summed E-state index contributed by atoms with van der Waals surface area (Å²) in [5.41, 5.74) is -0.253. The largest absolute Gasteiger partial charge is 0.345 e. The summed E-state index contributed by atoms with van der Waals surface area (Å²) in [6.07, 6.45) is 3.12. The Morgan fingerprint density at radius 1 is 1.29 bits per heavy atom. The molecule has 2 fully saturated rings. The van der Waals surface area contributed by atoms with E-state index in [2.05, 4.69) is 5.32 Å². The van der Waals surface area contributed by atoms with E-state index in [1.54, 1.807) is 17.0 Å². The highest BCUT2D eigenvalue weighted by Crippen LogP contribution is 2.38. The number of nitrogens with one attached hydrogen (secondary N) is 1. The van der Waals surface area contributed by atoms with Gasteiger partial charge in [-0.05, 0) is 24.5 Å². The Balaban J connectivity index is 1.95. The van der Waals surface area contributed by atoms with Crippen molar-refractivity contribution in [3.05, 3.63) is 34.6 Å². The zero-order chi connectivity index (χ0) is 15.0. The minimum absolute atomic E-state index is 0.00643. The Bertz CT molecular complexity index is 599. The van der Waals surface area contributed by atoms with Crippen LogP contribution < -0.4 is 5.32 Å². The third-order valence-electron chi connectivity index (χ3n) is 4.43. The predicted molar refractivity (Wildman–Crippen MR) is 76.2 cm³/mol. The van der Waals surface area contributed by atoms with Crippen LogP contribution in [0.25, 0.3) is 0 Å². The molecule has 4 nitrogen and oxygen atoms in total. The van der Waals surface area contributed by atoms with Crippen molar-refractivity contribution in [3.63, 3.8) is 0 Å². The Labute approximate surface area is 127 Å². The molecule has 1 spiro atoms. The lowest BCUT2D eigenvalue weighted by atomic mass is 9.90. The topological polar surface area (TPSA) is 49.4 Å². The van der Waals surface area contributed by atoms with Gasteiger partial charge in [-0.1, -0.05) is 36.6 Å². The molecule has 3 rings (SSSR count). The molecule has 6 heteroatoms. The summed E-state index contributed by atoms with van der Waals surface area (Å²) in [7, 11) is 0. The van der Waals surface area contributed by atoms with Crippen molar-refractivity contribution in [2.45, 2.75) is 37.8 Å². The van der Waals surface area contributed by atoms with Crippen molar-refractivity contribution in [2.75, 3.05) is 6.54 Å². The summed E-state index contributed by atoms with van der Waals surface area (Å²) >= 11 is 5.98. The second-order valence-corrected chi connectivity index (χ2v) is 5.99. The molecule has 0 aromatic heterocycles. The number of nitrogens with zero attached hydrogens (tertiary/aromatic N) is 1. The summed E-state index contributed by atoms with van der Waals surface area (Å²) in [6, 6.07) is 4.53. The first-order valence-corrected chi connectivity index (χ1v) is 7.44. The maximum Gasteiger partial charge on any atom is 0.246 e. The van der Waals surface area contributed by atoms with Gasteiger partial charge in [-0.3, -0.25) is 9.59 Å². The highest BCUT2D eigenvalue weighted by atomic mass is 35.5. The van der Waals surface area contributed by atoms with Gasteiger partial charge in [0.25, 0.3) is 0 Å². The molecule has 0 unspecified atom stereocenters. The van der Waals surface area contributed by atoms with Crippen LogP contribution in [0.2, 0.25) is 5.02 Å². The second-order valence-electron chi connectivity index (χ2n) is 5.61. The smallest absolute Gasteiger partial charge is 0.246 e. The fourth-order valence-corrected chi connectivity index (χ4v) is 3.50. The monoisotopic (exact) mass is 310 g/mol. The number of carbonyl (C=O) groups is 2. The summed E-state index contributed by atoms with van der Waals surface area (Å²) < 4.78 is 13.6. The lowest BCUT2D eigenvalue weighted by Crippen LogP contribution is -2.65. The standard InChI is InChI=1S/C15H16ClFN2O2/c16-13-10(4-3-5-11(13)17)9-19-12(20)8-18-14(21)15(19)6-1-2-7-15/h3-5H,1-2,6-9H2,(H,18,21). The second kappa shape index (κ2) is 5.30. The molecule has 21 heavy (non-hydrogen) atoms. The SMILES string of the molecule is O=C1CNC(=O)C2(CCCC2)N1Cc1cccc(F)c1Cl. The number of carbonyl (C=O) groups excluding carboxylic acids is 2. The maximum absolute atomic E-state index is 13.6. The van der Waals surface area contributed by atoms with Crippen LogP contribution in [-0.4, -0.2) is 28.8 Å². The average Bonchev–Trinajstić information content (AvgIpc) is 2.95. The Morgan fingerprint density at radius 3 is 2.71 bits per heavy atom. The van der Waals surface area contributed by atoms with Gasteiger partial charge in [-0.25, -0.2) is 4.39 Å². The predicted octanol–water partition coefficient (Wildman–Crippen LogP) is 2.25. The molecule has 1 saturated carbocycles. The van der Waals surface area contributed by atoms with Crippen molar-refractivity contribution < 1.29 is 14.0 Å². The number of amides is 2.